The van der Waals surface area contributed by atoms with Gasteiger partial charge in [-0.05, 0) is 26.8 Å². The van der Waals surface area contributed by atoms with Crippen LogP contribution in [0.1, 0.15) is 22.6 Å². The smallest absolute Gasteiger partial charge is 0.255 e. The van der Waals surface area contributed by atoms with Crippen LogP contribution in [0.15, 0.2) is 10.9 Å². The number of carbonyl (C=O) groups excluding carboxylic acids is 1. The number of aryl methyl sites for hydroxylation is 2. The molecule has 0 radical (unpaired) electrons. The van der Waals surface area contributed by atoms with Gasteiger partial charge in [-0.15, -0.1) is 0 Å². The molecule has 0 unspecified atom stereocenters. The molecule has 0 saturated heterocycles. The van der Waals surface area contributed by atoms with Crippen LogP contribution in [0.3, 0.4) is 0 Å². The summed E-state index contributed by atoms with van der Waals surface area (Å²) < 4.78 is 1.44. The molecule has 0 aliphatic rings. The maximum absolute atomic E-state index is 11.7. The Balaban J connectivity index is 2.58. The van der Waals surface area contributed by atoms with Crippen molar-refractivity contribution in [3.8, 4) is 5.95 Å². The van der Waals surface area contributed by atoms with Crippen molar-refractivity contribution in [1.82, 2.24) is 19.7 Å². The highest BCUT2D eigenvalue weighted by molar-refractivity contribution is 5.76. The number of carbonyl (C=O) groups is 1. The van der Waals surface area contributed by atoms with Crippen LogP contribution in [0, 0.1) is 20.8 Å². The Bertz CT molecular complexity index is 699. The molecule has 0 saturated carbocycles. The lowest BCUT2D eigenvalue weighted by molar-refractivity contribution is -0.117. The van der Waals surface area contributed by atoms with Crippen molar-refractivity contribution < 1.29 is 4.79 Å². The van der Waals surface area contributed by atoms with Gasteiger partial charge in [0.15, 0.2) is 0 Å². The van der Waals surface area contributed by atoms with Crippen molar-refractivity contribution in [3.05, 3.63) is 39.1 Å². The van der Waals surface area contributed by atoms with Gasteiger partial charge in [0, 0.05) is 11.3 Å². The molecule has 19 heavy (non-hydrogen) atoms. The Hall–Kier alpha value is -2.44. The molecule has 2 heterocycles. The van der Waals surface area contributed by atoms with Gasteiger partial charge < -0.3 is 5.73 Å². The SMILES string of the molecule is Cc1cc(CC(N)=O)n(-c2nc(C)c(C)c(=O)[nH]2)n1. The molecular formula is C12H15N5O2. The average Bonchev–Trinajstić information content (AvgIpc) is 2.65. The molecular weight excluding hydrogens is 246 g/mol. The summed E-state index contributed by atoms with van der Waals surface area (Å²) >= 11 is 0. The fourth-order valence-corrected chi connectivity index (χ4v) is 1.77. The summed E-state index contributed by atoms with van der Waals surface area (Å²) in [5.41, 5.74) is 7.47. The van der Waals surface area contributed by atoms with Crippen LogP contribution in [0.5, 0.6) is 0 Å². The van der Waals surface area contributed by atoms with Crippen molar-refractivity contribution in [3.63, 3.8) is 0 Å². The summed E-state index contributed by atoms with van der Waals surface area (Å²) in [7, 11) is 0. The first-order valence-electron chi connectivity index (χ1n) is 5.80. The third-order valence-corrected chi connectivity index (χ3v) is 2.84. The number of amides is 1. The van der Waals surface area contributed by atoms with Crippen LogP contribution >= 0.6 is 0 Å². The molecule has 1 amide bonds. The minimum atomic E-state index is -0.465. The van der Waals surface area contributed by atoms with Crippen molar-refractivity contribution in [2.45, 2.75) is 27.2 Å². The summed E-state index contributed by atoms with van der Waals surface area (Å²) in [5.74, 6) is -0.176. The van der Waals surface area contributed by atoms with E-state index < -0.39 is 5.91 Å². The van der Waals surface area contributed by atoms with Gasteiger partial charge >= 0.3 is 0 Å². The molecule has 0 spiro atoms. The van der Waals surface area contributed by atoms with E-state index in [-0.39, 0.29) is 17.9 Å². The van der Waals surface area contributed by atoms with Gasteiger partial charge in [0.25, 0.3) is 5.56 Å². The second kappa shape index (κ2) is 4.68. The van der Waals surface area contributed by atoms with E-state index in [9.17, 15) is 9.59 Å². The highest BCUT2D eigenvalue weighted by Crippen LogP contribution is 2.09. The van der Waals surface area contributed by atoms with Crippen LogP contribution < -0.4 is 11.3 Å². The molecule has 7 nitrogen and oxygen atoms in total. The first-order valence-corrected chi connectivity index (χ1v) is 5.80. The van der Waals surface area contributed by atoms with Crippen molar-refractivity contribution in [2.24, 2.45) is 5.73 Å². The number of primary amides is 1. The zero-order chi connectivity index (χ0) is 14.2. The fourth-order valence-electron chi connectivity index (χ4n) is 1.77. The van der Waals surface area contributed by atoms with E-state index in [1.807, 2.05) is 0 Å². The average molecular weight is 261 g/mol. The first kappa shape index (κ1) is 13.0. The van der Waals surface area contributed by atoms with Crippen molar-refractivity contribution >= 4 is 5.91 Å². The number of hydrogen-bond donors (Lipinski definition) is 2. The Morgan fingerprint density at radius 2 is 2.11 bits per heavy atom. The molecule has 0 aliphatic heterocycles. The number of nitrogens with one attached hydrogen (secondary N) is 1. The minimum absolute atomic E-state index is 0.0392. The maximum Gasteiger partial charge on any atom is 0.255 e. The van der Waals surface area contributed by atoms with E-state index in [0.717, 1.165) is 5.69 Å². The van der Waals surface area contributed by atoms with Crippen molar-refractivity contribution in [1.29, 1.82) is 0 Å². The van der Waals surface area contributed by atoms with Gasteiger partial charge in [0.2, 0.25) is 11.9 Å². The standard InChI is InChI=1S/C12H15N5O2/c1-6-4-9(5-10(13)18)17(16-6)12-14-8(3)7(2)11(19)15-12/h4H,5H2,1-3H3,(H2,13,18)(H,14,15,19). The third-order valence-electron chi connectivity index (χ3n) is 2.84. The van der Waals surface area contributed by atoms with E-state index in [0.29, 0.717) is 17.0 Å². The predicted octanol–water partition coefficient (Wildman–Crippen LogP) is -0.0913. The molecule has 2 aromatic heterocycles. The van der Waals surface area contributed by atoms with Crippen LogP contribution in [0.2, 0.25) is 0 Å². The molecule has 0 aromatic carbocycles. The lowest BCUT2D eigenvalue weighted by Gasteiger charge is -2.07. The number of nitrogens with two attached hydrogens (primary N) is 1. The second-order valence-corrected chi connectivity index (χ2v) is 4.43. The third kappa shape index (κ3) is 2.54. The molecule has 7 heteroatoms. The Morgan fingerprint density at radius 3 is 2.68 bits per heavy atom. The summed E-state index contributed by atoms with van der Waals surface area (Å²) in [6.45, 7) is 5.24. The van der Waals surface area contributed by atoms with E-state index >= 15 is 0 Å². The van der Waals surface area contributed by atoms with Gasteiger partial charge in [-0.25, -0.2) is 9.67 Å². The summed E-state index contributed by atoms with van der Waals surface area (Å²) in [6, 6.07) is 1.74. The molecule has 0 aliphatic carbocycles. The number of nitrogens with zero attached hydrogens (tertiary/aromatic N) is 3. The van der Waals surface area contributed by atoms with E-state index in [2.05, 4.69) is 15.1 Å². The van der Waals surface area contributed by atoms with Gasteiger partial charge in [-0.2, -0.15) is 5.10 Å². The number of hydrogen-bond acceptors (Lipinski definition) is 4. The minimum Gasteiger partial charge on any atom is -0.369 e. The predicted molar refractivity (Wildman–Crippen MR) is 69.1 cm³/mol. The van der Waals surface area contributed by atoms with Crippen LogP contribution in [0.25, 0.3) is 5.95 Å². The molecule has 0 bridgehead atoms. The molecule has 2 rings (SSSR count). The van der Waals surface area contributed by atoms with Gasteiger partial charge in [-0.3, -0.25) is 14.6 Å². The summed E-state index contributed by atoms with van der Waals surface area (Å²) in [5, 5.41) is 4.22. The largest absolute Gasteiger partial charge is 0.369 e. The van der Waals surface area contributed by atoms with Crippen LogP contribution in [-0.2, 0) is 11.2 Å². The topological polar surface area (TPSA) is 107 Å². The highest BCUT2D eigenvalue weighted by atomic mass is 16.1. The lowest BCUT2D eigenvalue weighted by Crippen LogP contribution is -2.21. The maximum atomic E-state index is 11.7. The molecule has 3 N–H and O–H groups in total. The number of rotatable bonds is 3. The Labute approximate surface area is 109 Å². The zero-order valence-corrected chi connectivity index (χ0v) is 11.0. The molecule has 100 valence electrons. The second-order valence-electron chi connectivity index (χ2n) is 4.43. The van der Waals surface area contributed by atoms with Crippen LogP contribution in [-0.4, -0.2) is 25.7 Å². The molecule has 0 atom stereocenters. The Morgan fingerprint density at radius 1 is 1.42 bits per heavy atom. The van der Waals surface area contributed by atoms with Gasteiger partial charge in [-0.1, -0.05) is 0 Å². The Kier molecular flexibility index (Phi) is 3.20. The monoisotopic (exact) mass is 261 g/mol. The van der Waals surface area contributed by atoms with Crippen LogP contribution in [0.4, 0.5) is 0 Å². The van der Waals surface area contributed by atoms with Gasteiger partial charge in [0.05, 0.1) is 17.8 Å². The molecule has 2 aromatic rings. The fraction of sp³-hybridized carbons (Fsp3) is 0.333. The number of aromatic nitrogens is 4. The molecule has 0 fully saturated rings. The highest BCUT2D eigenvalue weighted by Gasteiger charge is 2.13. The van der Waals surface area contributed by atoms with E-state index in [4.69, 9.17) is 5.73 Å². The van der Waals surface area contributed by atoms with Crippen molar-refractivity contribution in [2.75, 3.05) is 0 Å². The summed E-state index contributed by atoms with van der Waals surface area (Å²) in [4.78, 5) is 29.7. The number of aromatic amines is 1. The zero-order valence-electron chi connectivity index (χ0n) is 11.0. The first-order chi connectivity index (χ1) is 8.88. The number of H-pyrrole nitrogens is 1. The van der Waals surface area contributed by atoms with E-state index in [1.54, 1.807) is 26.8 Å². The summed E-state index contributed by atoms with van der Waals surface area (Å²) in [6.07, 6.45) is 0.0392. The normalized spacial score (nSPS) is 10.7. The quantitative estimate of drug-likeness (QED) is 0.805. The van der Waals surface area contributed by atoms with E-state index in [1.165, 1.54) is 4.68 Å². The van der Waals surface area contributed by atoms with Gasteiger partial charge in [0.1, 0.15) is 0 Å². The lowest BCUT2D eigenvalue weighted by atomic mass is 10.2.